The van der Waals surface area contributed by atoms with Crippen molar-refractivity contribution in [2.24, 2.45) is 0 Å². The molecule has 0 aromatic heterocycles. The number of halogens is 1. The van der Waals surface area contributed by atoms with E-state index in [1.165, 1.54) is 40.9 Å². The summed E-state index contributed by atoms with van der Waals surface area (Å²) in [5.41, 5.74) is 1.95. The van der Waals surface area contributed by atoms with Crippen molar-refractivity contribution in [2.45, 2.75) is 0 Å². The van der Waals surface area contributed by atoms with E-state index in [4.69, 9.17) is 17.0 Å². The van der Waals surface area contributed by atoms with Gasteiger partial charge in [-0.2, -0.15) is 0 Å². The van der Waals surface area contributed by atoms with E-state index < -0.39 is 0 Å². The minimum absolute atomic E-state index is 0.184. The average molecular weight is 465 g/mol. The molecule has 1 fully saturated rings. The van der Waals surface area contributed by atoms with Crippen LogP contribution in [-0.4, -0.2) is 22.7 Å². The molecule has 0 unspecified atom stereocenters. The molecule has 1 N–H and O–H groups in total. The number of carbonyl (C=O) groups excluding carboxylic acids is 2. The fourth-order valence-electron chi connectivity index (χ4n) is 2.99. The third kappa shape index (κ3) is 5.22. The van der Waals surface area contributed by atoms with Crippen LogP contribution in [0.1, 0.15) is 5.56 Å². The van der Waals surface area contributed by atoms with E-state index in [-0.39, 0.29) is 24.2 Å². The Bertz CT molecular complexity index is 1200. The summed E-state index contributed by atoms with van der Waals surface area (Å²) >= 11 is 6.62. The number of thioether (sulfide) groups is 1. The standard InChI is InChI=1S/C24H17FN2O3S2/c25-17-9-11-18(12-10-17)26-22(28)15-30-20-8-4-5-16(13-20)14-21-23(29)27(24(31)32-21)19-6-2-1-3-7-19/h1-14H,15H2,(H,26,28)/b21-14-. The van der Waals surface area contributed by atoms with Gasteiger partial charge in [0.2, 0.25) is 0 Å². The van der Waals surface area contributed by atoms with Crippen LogP contribution < -0.4 is 15.0 Å². The van der Waals surface area contributed by atoms with Crippen LogP contribution in [0, 0.1) is 5.82 Å². The first kappa shape index (κ1) is 21.7. The first-order valence-corrected chi connectivity index (χ1v) is 10.8. The SMILES string of the molecule is O=C(COc1cccc(/C=C2\SC(=S)N(c3ccccc3)C2=O)c1)Nc1ccc(F)cc1. The van der Waals surface area contributed by atoms with Crippen molar-refractivity contribution in [1.82, 2.24) is 0 Å². The molecule has 1 saturated heterocycles. The molecular weight excluding hydrogens is 447 g/mol. The van der Waals surface area contributed by atoms with Crippen molar-refractivity contribution in [3.05, 3.63) is 95.1 Å². The van der Waals surface area contributed by atoms with E-state index in [0.29, 0.717) is 20.7 Å². The van der Waals surface area contributed by atoms with Gasteiger partial charge in [0.15, 0.2) is 10.9 Å². The zero-order chi connectivity index (χ0) is 22.5. The summed E-state index contributed by atoms with van der Waals surface area (Å²) in [5.74, 6) is -0.453. The van der Waals surface area contributed by atoms with Gasteiger partial charge in [-0.05, 0) is 60.2 Å². The minimum Gasteiger partial charge on any atom is -0.484 e. The third-order valence-corrected chi connectivity index (χ3v) is 5.76. The number of ether oxygens (including phenoxy) is 1. The van der Waals surface area contributed by atoms with Crippen molar-refractivity contribution in [2.75, 3.05) is 16.8 Å². The van der Waals surface area contributed by atoms with Gasteiger partial charge in [-0.25, -0.2) is 4.39 Å². The Morgan fingerprint density at radius 2 is 1.81 bits per heavy atom. The van der Waals surface area contributed by atoms with Gasteiger partial charge >= 0.3 is 0 Å². The Kier molecular flexibility index (Phi) is 6.63. The van der Waals surface area contributed by atoms with Crippen LogP contribution >= 0.6 is 24.0 Å². The summed E-state index contributed by atoms with van der Waals surface area (Å²) in [7, 11) is 0. The number of thiocarbonyl (C=S) groups is 1. The number of para-hydroxylation sites is 1. The Hall–Kier alpha value is -3.49. The van der Waals surface area contributed by atoms with E-state index in [9.17, 15) is 14.0 Å². The molecule has 0 bridgehead atoms. The van der Waals surface area contributed by atoms with Gasteiger partial charge in [0, 0.05) is 5.69 Å². The van der Waals surface area contributed by atoms with Gasteiger partial charge in [0.25, 0.3) is 11.8 Å². The highest BCUT2D eigenvalue weighted by atomic mass is 32.2. The largest absolute Gasteiger partial charge is 0.484 e. The first-order valence-electron chi connectivity index (χ1n) is 9.61. The van der Waals surface area contributed by atoms with Crippen LogP contribution in [-0.2, 0) is 9.59 Å². The van der Waals surface area contributed by atoms with Gasteiger partial charge in [-0.1, -0.05) is 54.3 Å². The highest BCUT2D eigenvalue weighted by Gasteiger charge is 2.33. The lowest BCUT2D eigenvalue weighted by molar-refractivity contribution is -0.118. The fourth-order valence-corrected chi connectivity index (χ4v) is 4.29. The topological polar surface area (TPSA) is 58.6 Å². The highest BCUT2D eigenvalue weighted by Crippen LogP contribution is 2.36. The van der Waals surface area contributed by atoms with Crippen molar-refractivity contribution >= 4 is 57.6 Å². The normalized spacial score (nSPS) is 14.7. The average Bonchev–Trinajstić information content (AvgIpc) is 3.07. The molecule has 1 aliphatic rings. The lowest BCUT2D eigenvalue weighted by Crippen LogP contribution is -2.27. The molecule has 3 aromatic carbocycles. The number of hydrogen-bond acceptors (Lipinski definition) is 5. The molecule has 1 aliphatic heterocycles. The number of benzene rings is 3. The third-order valence-electron chi connectivity index (χ3n) is 4.46. The van der Waals surface area contributed by atoms with Crippen LogP contribution in [0.2, 0.25) is 0 Å². The number of amides is 2. The van der Waals surface area contributed by atoms with Gasteiger partial charge in [0.05, 0.1) is 10.6 Å². The quantitative estimate of drug-likeness (QED) is 0.399. The second-order valence-electron chi connectivity index (χ2n) is 6.77. The predicted molar refractivity (Wildman–Crippen MR) is 129 cm³/mol. The number of anilines is 2. The van der Waals surface area contributed by atoms with Crippen LogP contribution in [0.25, 0.3) is 6.08 Å². The molecule has 0 atom stereocenters. The monoisotopic (exact) mass is 464 g/mol. The fraction of sp³-hybridized carbons (Fsp3) is 0.0417. The van der Waals surface area contributed by atoms with Crippen LogP contribution in [0.15, 0.2) is 83.8 Å². The van der Waals surface area contributed by atoms with Gasteiger partial charge in [-0.15, -0.1) is 0 Å². The lowest BCUT2D eigenvalue weighted by atomic mass is 10.2. The number of carbonyl (C=O) groups is 2. The summed E-state index contributed by atoms with van der Waals surface area (Å²) in [5, 5.41) is 2.63. The molecule has 5 nitrogen and oxygen atoms in total. The molecule has 0 radical (unpaired) electrons. The Labute approximate surface area is 193 Å². The molecular formula is C24H17FN2O3S2. The Morgan fingerprint density at radius 3 is 2.56 bits per heavy atom. The molecule has 8 heteroatoms. The maximum absolute atomic E-state index is 13.0. The summed E-state index contributed by atoms with van der Waals surface area (Å²) in [6.07, 6.45) is 1.74. The maximum atomic E-state index is 13.0. The van der Waals surface area contributed by atoms with Crippen molar-refractivity contribution < 1.29 is 18.7 Å². The predicted octanol–water partition coefficient (Wildman–Crippen LogP) is 5.25. The van der Waals surface area contributed by atoms with Gasteiger partial charge < -0.3 is 10.1 Å². The molecule has 0 spiro atoms. The molecule has 160 valence electrons. The van der Waals surface area contributed by atoms with Crippen molar-refractivity contribution in [3.8, 4) is 5.75 Å². The van der Waals surface area contributed by atoms with E-state index in [0.717, 1.165) is 11.3 Å². The van der Waals surface area contributed by atoms with Crippen molar-refractivity contribution in [1.29, 1.82) is 0 Å². The maximum Gasteiger partial charge on any atom is 0.270 e. The molecule has 0 aliphatic carbocycles. The number of hydrogen-bond donors (Lipinski definition) is 1. The molecule has 3 aromatic rings. The second kappa shape index (κ2) is 9.76. The smallest absolute Gasteiger partial charge is 0.270 e. The molecule has 2 amide bonds. The van der Waals surface area contributed by atoms with E-state index >= 15 is 0 Å². The van der Waals surface area contributed by atoms with E-state index in [2.05, 4.69) is 5.32 Å². The number of nitrogens with zero attached hydrogens (tertiary/aromatic N) is 1. The van der Waals surface area contributed by atoms with Crippen molar-refractivity contribution in [3.63, 3.8) is 0 Å². The number of nitrogens with one attached hydrogen (secondary N) is 1. The molecule has 1 heterocycles. The molecule has 0 saturated carbocycles. The van der Waals surface area contributed by atoms with Gasteiger partial charge in [-0.3, -0.25) is 14.5 Å². The van der Waals surface area contributed by atoms with Gasteiger partial charge in [0.1, 0.15) is 11.6 Å². The van der Waals surface area contributed by atoms with E-state index in [1.54, 1.807) is 24.3 Å². The second-order valence-corrected chi connectivity index (χ2v) is 8.44. The summed E-state index contributed by atoms with van der Waals surface area (Å²) in [6.45, 7) is -0.211. The van der Waals surface area contributed by atoms with Crippen LogP contribution in [0.4, 0.5) is 15.8 Å². The van der Waals surface area contributed by atoms with Crippen LogP contribution in [0.5, 0.6) is 5.75 Å². The Morgan fingerprint density at radius 1 is 1.06 bits per heavy atom. The lowest BCUT2D eigenvalue weighted by Gasteiger charge is -2.13. The number of rotatable bonds is 6. The Balaban J connectivity index is 1.41. The first-order chi connectivity index (χ1) is 15.5. The highest BCUT2D eigenvalue weighted by molar-refractivity contribution is 8.27. The van der Waals surface area contributed by atoms with E-state index in [1.807, 2.05) is 36.4 Å². The van der Waals surface area contributed by atoms with Crippen LogP contribution in [0.3, 0.4) is 0 Å². The molecule has 32 heavy (non-hydrogen) atoms. The summed E-state index contributed by atoms with van der Waals surface area (Å²) in [6, 6.07) is 21.8. The zero-order valence-corrected chi connectivity index (χ0v) is 18.3. The minimum atomic E-state index is -0.378. The molecule has 4 rings (SSSR count). The summed E-state index contributed by atoms with van der Waals surface area (Å²) < 4.78 is 19.0. The summed E-state index contributed by atoms with van der Waals surface area (Å²) in [4.78, 5) is 26.9. The zero-order valence-electron chi connectivity index (χ0n) is 16.7.